The molecule has 0 atom stereocenters. The number of unbranched alkanes of at least 4 members (excludes halogenated alkanes) is 1. The summed E-state index contributed by atoms with van der Waals surface area (Å²) < 4.78 is 11.3. The second-order valence-corrected chi connectivity index (χ2v) is 5.70. The maximum absolute atomic E-state index is 8.89. The largest absolute Gasteiger partial charge is 0.496 e. The van der Waals surface area contributed by atoms with E-state index in [1.54, 1.807) is 7.11 Å². The van der Waals surface area contributed by atoms with Crippen LogP contribution in [-0.4, -0.2) is 36.9 Å². The van der Waals surface area contributed by atoms with Crippen molar-refractivity contribution in [3.63, 3.8) is 0 Å². The fourth-order valence-electron chi connectivity index (χ4n) is 2.34. The Balaban J connectivity index is 2.27. The van der Waals surface area contributed by atoms with Crippen molar-refractivity contribution in [2.45, 2.75) is 38.6 Å². The summed E-state index contributed by atoms with van der Waals surface area (Å²) >= 11 is 0. The van der Waals surface area contributed by atoms with Crippen LogP contribution < -0.4 is 4.74 Å². The minimum atomic E-state index is -0.173. The molecule has 110 valence electrons. The van der Waals surface area contributed by atoms with Gasteiger partial charge in [-0.05, 0) is 44.7 Å². The third-order valence-corrected chi connectivity index (χ3v) is 3.35. The van der Waals surface area contributed by atoms with E-state index in [1.807, 2.05) is 12.1 Å². The number of rotatable bonds is 6. The second-order valence-electron chi connectivity index (χ2n) is 5.70. The third kappa shape index (κ3) is 3.31. The van der Waals surface area contributed by atoms with Gasteiger partial charge < -0.3 is 14.6 Å². The molecule has 20 heavy (non-hydrogen) atoms. The first-order valence-electron chi connectivity index (χ1n) is 7.07. The van der Waals surface area contributed by atoms with Crippen LogP contribution in [0.5, 0.6) is 5.75 Å². The number of hydrogen-bond donors (Lipinski definition) is 1. The number of para-hydroxylation sites is 1. The van der Waals surface area contributed by atoms with Gasteiger partial charge in [-0.1, -0.05) is 12.1 Å². The Kier molecular flexibility index (Phi) is 4.65. The molecule has 0 aliphatic carbocycles. The summed E-state index contributed by atoms with van der Waals surface area (Å²) in [6, 6.07) is 6.04. The molecule has 0 saturated heterocycles. The molecule has 0 unspecified atom stereocenters. The zero-order valence-electron chi connectivity index (χ0n) is 12.5. The van der Waals surface area contributed by atoms with Gasteiger partial charge in [0.25, 0.3) is 0 Å². The Morgan fingerprint density at radius 1 is 1.35 bits per heavy atom. The molecule has 0 saturated carbocycles. The van der Waals surface area contributed by atoms with Crippen LogP contribution in [-0.2, 0) is 11.2 Å². The van der Waals surface area contributed by atoms with Gasteiger partial charge in [-0.25, -0.2) is 4.99 Å². The molecule has 0 amide bonds. The van der Waals surface area contributed by atoms with Gasteiger partial charge in [-0.3, -0.25) is 0 Å². The van der Waals surface area contributed by atoms with Crippen LogP contribution in [0.3, 0.4) is 0 Å². The quantitative estimate of drug-likeness (QED) is 0.813. The van der Waals surface area contributed by atoms with Crippen molar-refractivity contribution in [3.8, 4) is 5.75 Å². The summed E-state index contributed by atoms with van der Waals surface area (Å²) in [6.07, 6.45) is 2.63. The average Bonchev–Trinajstić information content (AvgIpc) is 2.79. The van der Waals surface area contributed by atoms with Crippen LogP contribution in [0.25, 0.3) is 0 Å². The molecular weight excluding hydrogens is 254 g/mol. The highest BCUT2D eigenvalue weighted by Gasteiger charge is 2.29. The maximum Gasteiger partial charge on any atom is 0.220 e. The predicted octanol–water partition coefficient (Wildman–Crippen LogP) is 2.57. The highest BCUT2D eigenvalue weighted by atomic mass is 16.5. The molecule has 4 heteroatoms. The van der Waals surface area contributed by atoms with E-state index in [-0.39, 0.29) is 12.1 Å². The Morgan fingerprint density at radius 2 is 2.15 bits per heavy atom. The number of aryl methyl sites for hydroxylation is 1. The SMILES string of the molecule is COc1c(CCCCO)cccc1C1=NC(C)(C)CO1. The van der Waals surface area contributed by atoms with Gasteiger partial charge in [0.05, 0.1) is 18.2 Å². The molecule has 0 fully saturated rings. The highest BCUT2D eigenvalue weighted by molar-refractivity contribution is 5.98. The Morgan fingerprint density at radius 3 is 2.75 bits per heavy atom. The zero-order valence-corrected chi connectivity index (χ0v) is 12.5. The molecule has 1 aromatic carbocycles. The van der Waals surface area contributed by atoms with Gasteiger partial charge in [-0.15, -0.1) is 0 Å². The van der Waals surface area contributed by atoms with Crippen molar-refractivity contribution in [1.82, 2.24) is 0 Å². The molecule has 0 aromatic heterocycles. The smallest absolute Gasteiger partial charge is 0.220 e. The number of aliphatic hydroxyl groups is 1. The molecule has 1 aliphatic heterocycles. The van der Waals surface area contributed by atoms with Crippen LogP contribution in [0.4, 0.5) is 0 Å². The Hall–Kier alpha value is -1.55. The van der Waals surface area contributed by atoms with Crippen molar-refractivity contribution in [2.24, 2.45) is 4.99 Å². The van der Waals surface area contributed by atoms with E-state index in [1.165, 1.54) is 0 Å². The predicted molar refractivity (Wildman–Crippen MR) is 79.6 cm³/mol. The minimum absolute atomic E-state index is 0.173. The lowest BCUT2D eigenvalue weighted by atomic mass is 10.0. The molecule has 1 aliphatic rings. The van der Waals surface area contributed by atoms with Crippen molar-refractivity contribution in [1.29, 1.82) is 0 Å². The maximum atomic E-state index is 8.89. The standard InChI is InChI=1S/C16H23NO3/c1-16(2)11-20-15(17-16)13-9-6-8-12(14(13)19-3)7-4-5-10-18/h6,8-9,18H,4-5,7,10-11H2,1-3H3. The molecule has 2 rings (SSSR count). The first kappa shape index (κ1) is 14.9. The van der Waals surface area contributed by atoms with Crippen molar-refractivity contribution >= 4 is 5.90 Å². The van der Waals surface area contributed by atoms with Crippen LogP contribution >= 0.6 is 0 Å². The van der Waals surface area contributed by atoms with E-state index in [0.717, 1.165) is 36.1 Å². The molecular formula is C16H23NO3. The molecule has 1 aromatic rings. The summed E-state index contributed by atoms with van der Waals surface area (Å²) in [7, 11) is 1.68. The lowest BCUT2D eigenvalue weighted by Crippen LogP contribution is -2.17. The summed E-state index contributed by atoms with van der Waals surface area (Å²) in [5.74, 6) is 1.50. The van der Waals surface area contributed by atoms with Crippen LogP contribution in [0, 0.1) is 0 Å². The van der Waals surface area contributed by atoms with E-state index >= 15 is 0 Å². The Labute approximate surface area is 120 Å². The second kappa shape index (κ2) is 6.27. The number of methoxy groups -OCH3 is 1. The van der Waals surface area contributed by atoms with Crippen LogP contribution in [0.15, 0.2) is 23.2 Å². The van der Waals surface area contributed by atoms with Gasteiger partial charge in [0.2, 0.25) is 5.90 Å². The number of ether oxygens (including phenoxy) is 2. The third-order valence-electron chi connectivity index (χ3n) is 3.35. The van der Waals surface area contributed by atoms with E-state index < -0.39 is 0 Å². The van der Waals surface area contributed by atoms with Gasteiger partial charge >= 0.3 is 0 Å². The number of hydrogen-bond acceptors (Lipinski definition) is 4. The van der Waals surface area contributed by atoms with Gasteiger partial charge in [0, 0.05) is 6.61 Å². The number of benzene rings is 1. The number of nitrogens with zero attached hydrogens (tertiary/aromatic N) is 1. The van der Waals surface area contributed by atoms with Gasteiger partial charge in [-0.2, -0.15) is 0 Å². The molecule has 0 spiro atoms. The minimum Gasteiger partial charge on any atom is -0.496 e. The molecule has 4 nitrogen and oxygen atoms in total. The summed E-state index contributed by atoms with van der Waals surface area (Å²) in [5.41, 5.74) is 1.88. The van der Waals surface area contributed by atoms with Gasteiger partial charge in [0.15, 0.2) is 0 Å². The first-order valence-corrected chi connectivity index (χ1v) is 7.07. The highest BCUT2D eigenvalue weighted by Crippen LogP contribution is 2.30. The monoisotopic (exact) mass is 277 g/mol. The van der Waals surface area contributed by atoms with Gasteiger partial charge in [0.1, 0.15) is 12.4 Å². The summed E-state index contributed by atoms with van der Waals surface area (Å²) in [4.78, 5) is 4.61. The average molecular weight is 277 g/mol. The van der Waals surface area contributed by atoms with E-state index in [4.69, 9.17) is 14.6 Å². The zero-order chi connectivity index (χ0) is 14.6. The van der Waals surface area contributed by atoms with Crippen molar-refractivity contribution < 1.29 is 14.6 Å². The number of aliphatic imine (C=N–C) groups is 1. The summed E-state index contributed by atoms with van der Waals surface area (Å²) in [6.45, 7) is 4.93. The topological polar surface area (TPSA) is 51.0 Å². The first-order chi connectivity index (χ1) is 9.57. The normalized spacial score (nSPS) is 16.7. The van der Waals surface area contributed by atoms with Crippen LogP contribution in [0.1, 0.15) is 37.8 Å². The van der Waals surface area contributed by atoms with E-state index in [2.05, 4.69) is 24.9 Å². The van der Waals surface area contributed by atoms with Crippen LogP contribution in [0.2, 0.25) is 0 Å². The summed E-state index contributed by atoms with van der Waals surface area (Å²) in [5, 5.41) is 8.89. The molecule has 0 radical (unpaired) electrons. The van der Waals surface area contributed by atoms with Crippen molar-refractivity contribution in [3.05, 3.63) is 29.3 Å². The number of aliphatic hydroxyl groups excluding tert-OH is 1. The lowest BCUT2D eigenvalue weighted by Gasteiger charge is -2.13. The van der Waals surface area contributed by atoms with Crippen molar-refractivity contribution in [2.75, 3.05) is 20.3 Å². The molecule has 1 N–H and O–H groups in total. The lowest BCUT2D eigenvalue weighted by molar-refractivity contribution is 0.278. The molecule has 0 bridgehead atoms. The fourth-order valence-corrected chi connectivity index (χ4v) is 2.34. The van der Waals surface area contributed by atoms with E-state index in [0.29, 0.717) is 12.5 Å². The Bertz CT molecular complexity index is 494. The van der Waals surface area contributed by atoms with E-state index in [9.17, 15) is 0 Å². The fraction of sp³-hybridized carbons (Fsp3) is 0.562. The molecule has 1 heterocycles.